The molecule has 0 atom stereocenters. The molecule has 4 amide bonds. The van der Waals surface area contributed by atoms with Crippen LogP contribution < -0.4 is 16.0 Å². The average molecular weight is 356 g/mol. The van der Waals surface area contributed by atoms with Crippen LogP contribution in [0.2, 0.25) is 0 Å². The molecular weight excluding hydrogens is 336 g/mol. The number of carbonyl (C=O) groups is 3. The van der Waals surface area contributed by atoms with Crippen LogP contribution in [0.5, 0.6) is 0 Å². The van der Waals surface area contributed by atoms with Crippen LogP contribution in [0.1, 0.15) is 10.4 Å². The SMILES string of the molecule is COC(=O)Nc1cccc(NC(=O)c2cccc(NC(=O)N(C)C)c2)c1. The normalized spacial score (nSPS) is 9.81. The van der Waals surface area contributed by atoms with Gasteiger partial charge in [0.05, 0.1) is 7.11 Å². The highest BCUT2D eigenvalue weighted by Gasteiger charge is 2.10. The van der Waals surface area contributed by atoms with Gasteiger partial charge in [0.1, 0.15) is 0 Å². The molecule has 2 aromatic carbocycles. The molecule has 0 spiro atoms. The molecule has 2 rings (SSSR count). The number of rotatable bonds is 4. The molecule has 0 radical (unpaired) electrons. The highest BCUT2D eigenvalue weighted by molar-refractivity contribution is 6.05. The number of benzene rings is 2. The van der Waals surface area contributed by atoms with E-state index in [1.165, 1.54) is 12.0 Å². The fourth-order valence-corrected chi connectivity index (χ4v) is 2.02. The molecule has 8 heteroatoms. The van der Waals surface area contributed by atoms with E-state index in [4.69, 9.17) is 0 Å². The first-order chi connectivity index (χ1) is 12.4. The van der Waals surface area contributed by atoms with Gasteiger partial charge in [-0.1, -0.05) is 12.1 Å². The van der Waals surface area contributed by atoms with Crippen molar-refractivity contribution in [2.75, 3.05) is 37.2 Å². The van der Waals surface area contributed by atoms with Crippen LogP contribution in [0.15, 0.2) is 48.5 Å². The van der Waals surface area contributed by atoms with Gasteiger partial charge in [-0.25, -0.2) is 9.59 Å². The molecule has 2 aromatic rings. The Kier molecular flexibility index (Phi) is 6.15. The molecule has 8 nitrogen and oxygen atoms in total. The number of nitrogens with one attached hydrogen (secondary N) is 3. The van der Waals surface area contributed by atoms with Crippen LogP contribution in [-0.2, 0) is 4.74 Å². The van der Waals surface area contributed by atoms with Crippen LogP contribution in [0.25, 0.3) is 0 Å². The molecule has 0 bridgehead atoms. The number of hydrogen-bond donors (Lipinski definition) is 3. The van der Waals surface area contributed by atoms with Crippen molar-refractivity contribution < 1.29 is 19.1 Å². The lowest BCUT2D eigenvalue weighted by atomic mass is 10.1. The highest BCUT2D eigenvalue weighted by Crippen LogP contribution is 2.17. The summed E-state index contributed by atoms with van der Waals surface area (Å²) in [7, 11) is 4.52. The number of urea groups is 1. The smallest absolute Gasteiger partial charge is 0.411 e. The maximum absolute atomic E-state index is 12.4. The summed E-state index contributed by atoms with van der Waals surface area (Å²) >= 11 is 0. The second kappa shape index (κ2) is 8.52. The predicted octanol–water partition coefficient (Wildman–Crippen LogP) is 3.21. The van der Waals surface area contributed by atoms with E-state index in [1.807, 2.05) is 0 Å². The summed E-state index contributed by atoms with van der Waals surface area (Å²) in [6, 6.07) is 13.0. The van der Waals surface area contributed by atoms with Crippen LogP contribution in [-0.4, -0.2) is 44.1 Å². The van der Waals surface area contributed by atoms with Crippen molar-refractivity contribution in [1.29, 1.82) is 0 Å². The molecular formula is C18H20N4O4. The molecule has 26 heavy (non-hydrogen) atoms. The van der Waals surface area contributed by atoms with E-state index in [0.29, 0.717) is 22.6 Å². The average Bonchev–Trinajstić information content (AvgIpc) is 2.62. The summed E-state index contributed by atoms with van der Waals surface area (Å²) < 4.78 is 4.53. The van der Waals surface area contributed by atoms with Crippen LogP contribution in [0.3, 0.4) is 0 Å². The summed E-state index contributed by atoms with van der Waals surface area (Å²) in [6.07, 6.45) is -0.599. The molecule has 0 heterocycles. The van der Waals surface area contributed by atoms with Gasteiger partial charge >= 0.3 is 12.1 Å². The zero-order valence-corrected chi connectivity index (χ0v) is 14.7. The summed E-state index contributed by atoms with van der Waals surface area (Å²) in [5.74, 6) is -0.346. The summed E-state index contributed by atoms with van der Waals surface area (Å²) in [6.45, 7) is 0. The first-order valence-electron chi connectivity index (χ1n) is 7.74. The van der Waals surface area contributed by atoms with Crippen molar-refractivity contribution in [3.63, 3.8) is 0 Å². The van der Waals surface area contributed by atoms with Gasteiger partial charge in [0, 0.05) is 36.7 Å². The number of hydrogen-bond acceptors (Lipinski definition) is 4. The van der Waals surface area contributed by atoms with Gasteiger partial charge in [-0.3, -0.25) is 10.1 Å². The molecule has 0 aliphatic heterocycles. The fourth-order valence-electron chi connectivity index (χ4n) is 2.02. The lowest BCUT2D eigenvalue weighted by Crippen LogP contribution is -2.27. The fraction of sp³-hybridized carbons (Fsp3) is 0.167. The Bertz CT molecular complexity index is 820. The van der Waals surface area contributed by atoms with Gasteiger partial charge in [-0.15, -0.1) is 0 Å². The third kappa shape index (κ3) is 5.23. The van der Waals surface area contributed by atoms with Crippen molar-refractivity contribution >= 4 is 35.1 Å². The van der Waals surface area contributed by atoms with Gasteiger partial charge < -0.3 is 20.3 Å². The monoisotopic (exact) mass is 356 g/mol. The standard InChI is InChI=1S/C18H20N4O4/c1-22(2)17(24)20-13-7-4-6-12(10-13)16(23)19-14-8-5-9-15(11-14)21-18(25)26-3/h4-11H,1-3H3,(H,19,23)(H,20,24)(H,21,25). The topological polar surface area (TPSA) is 99.8 Å². The van der Waals surface area contributed by atoms with Crippen molar-refractivity contribution in [1.82, 2.24) is 4.90 Å². The Hall–Kier alpha value is -3.55. The Labute approximate surface area is 151 Å². The van der Waals surface area contributed by atoms with E-state index in [9.17, 15) is 14.4 Å². The van der Waals surface area contributed by atoms with E-state index in [-0.39, 0.29) is 11.9 Å². The molecule has 136 valence electrons. The lowest BCUT2D eigenvalue weighted by Gasteiger charge is -2.13. The Morgan fingerprint density at radius 3 is 2.04 bits per heavy atom. The predicted molar refractivity (Wildman–Crippen MR) is 99.6 cm³/mol. The van der Waals surface area contributed by atoms with Crippen molar-refractivity contribution in [3.05, 3.63) is 54.1 Å². The molecule has 0 saturated heterocycles. The van der Waals surface area contributed by atoms with Gasteiger partial charge in [-0.2, -0.15) is 0 Å². The third-order valence-electron chi connectivity index (χ3n) is 3.33. The summed E-state index contributed by atoms with van der Waals surface area (Å²) in [4.78, 5) is 36.8. The van der Waals surface area contributed by atoms with Crippen molar-refractivity contribution in [2.45, 2.75) is 0 Å². The zero-order chi connectivity index (χ0) is 19.1. The van der Waals surface area contributed by atoms with E-state index in [2.05, 4.69) is 20.7 Å². The third-order valence-corrected chi connectivity index (χ3v) is 3.33. The molecule has 0 fully saturated rings. The van der Waals surface area contributed by atoms with Gasteiger partial charge in [0.2, 0.25) is 0 Å². The Morgan fingerprint density at radius 2 is 1.42 bits per heavy atom. The van der Waals surface area contributed by atoms with Crippen molar-refractivity contribution in [2.24, 2.45) is 0 Å². The number of anilines is 3. The number of methoxy groups -OCH3 is 1. The second-order valence-corrected chi connectivity index (χ2v) is 5.56. The van der Waals surface area contributed by atoms with Gasteiger partial charge in [0.25, 0.3) is 5.91 Å². The largest absolute Gasteiger partial charge is 0.453 e. The zero-order valence-electron chi connectivity index (χ0n) is 14.7. The minimum absolute atomic E-state index is 0.288. The Balaban J connectivity index is 2.09. The van der Waals surface area contributed by atoms with Crippen LogP contribution in [0, 0.1) is 0 Å². The van der Waals surface area contributed by atoms with Gasteiger partial charge in [-0.05, 0) is 36.4 Å². The van der Waals surface area contributed by atoms with Crippen LogP contribution >= 0.6 is 0 Å². The summed E-state index contributed by atoms with van der Waals surface area (Å²) in [5, 5.41) is 7.94. The lowest BCUT2D eigenvalue weighted by molar-refractivity contribution is 0.102. The number of ether oxygens (including phenoxy) is 1. The number of amides is 4. The van der Waals surface area contributed by atoms with Gasteiger partial charge in [0.15, 0.2) is 0 Å². The maximum atomic E-state index is 12.4. The number of carbonyl (C=O) groups excluding carboxylic acids is 3. The number of nitrogens with zero attached hydrogens (tertiary/aromatic N) is 1. The quantitative estimate of drug-likeness (QED) is 0.783. The Morgan fingerprint density at radius 1 is 0.846 bits per heavy atom. The minimum Gasteiger partial charge on any atom is -0.453 e. The van der Waals surface area contributed by atoms with Crippen molar-refractivity contribution in [3.8, 4) is 0 Å². The highest BCUT2D eigenvalue weighted by atomic mass is 16.5. The maximum Gasteiger partial charge on any atom is 0.411 e. The van der Waals surface area contributed by atoms with Crippen LogP contribution in [0.4, 0.5) is 26.7 Å². The first kappa shape index (κ1) is 18.8. The molecule has 0 aliphatic carbocycles. The van der Waals surface area contributed by atoms with E-state index < -0.39 is 6.09 Å². The molecule has 0 aromatic heterocycles. The van der Waals surface area contributed by atoms with E-state index >= 15 is 0 Å². The van der Waals surface area contributed by atoms with E-state index in [0.717, 1.165) is 0 Å². The van der Waals surface area contributed by atoms with E-state index in [1.54, 1.807) is 62.6 Å². The molecule has 0 saturated carbocycles. The molecule has 0 aliphatic rings. The molecule has 0 unspecified atom stereocenters. The minimum atomic E-state index is -0.599. The summed E-state index contributed by atoms with van der Waals surface area (Å²) in [5.41, 5.74) is 1.89. The molecule has 3 N–H and O–H groups in total. The second-order valence-electron chi connectivity index (χ2n) is 5.56. The first-order valence-corrected chi connectivity index (χ1v) is 7.74.